The van der Waals surface area contributed by atoms with E-state index in [1.165, 1.54) is 0 Å². The van der Waals surface area contributed by atoms with Crippen molar-refractivity contribution in [3.8, 4) is 0 Å². The molecule has 0 bridgehead atoms. The summed E-state index contributed by atoms with van der Waals surface area (Å²) in [6.45, 7) is -2.79. The Hall–Kier alpha value is -1.16. The smallest absolute Gasteiger partial charge is 0.434 e. The summed E-state index contributed by atoms with van der Waals surface area (Å²) in [6, 6.07) is 0. The molecule has 17 heavy (non-hydrogen) atoms. The zero-order valence-corrected chi connectivity index (χ0v) is 7.50. The summed E-state index contributed by atoms with van der Waals surface area (Å²) in [4.78, 5) is 9.40. The van der Waals surface area contributed by atoms with E-state index < -0.39 is 37.0 Å². The van der Waals surface area contributed by atoms with Crippen LogP contribution in [0, 0.1) is 0 Å². The van der Waals surface area contributed by atoms with E-state index in [9.17, 15) is 44.3 Å². The van der Waals surface area contributed by atoms with Crippen LogP contribution in [0.3, 0.4) is 0 Å². The molecular formula is C6H3F9O2. The highest BCUT2D eigenvalue weighted by molar-refractivity contribution is 5.58. The van der Waals surface area contributed by atoms with E-state index in [0.29, 0.717) is 0 Å². The zero-order chi connectivity index (χ0) is 14.1. The van der Waals surface area contributed by atoms with Gasteiger partial charge in [-0.1, -0.05) is 0 Å². The summed E-state index contributed by atoms with van der Waals surface area (Å²) in [5, 5.41) is 0. The number of halogens is 9. The first-order valence-electron chi connectivity index (χ1n) is 3.60. The van der Waals surface area contributed by atoms with Gasteiger partial charge < -0.3 is 4.74 Å². The molecular weight excluding hydrogens is 275 g/mol. The third-order valence-corrected chi connectivity index (χ3v) is 1.52. The molecule has 0 aliphatic heterocycles. The van der Waals surface area contributed by atoms with Crippen LogP contribution in [0.25, 0.3) is 0 Å². The van der Waals surface area contributed by atoms with Crippen molar-refractivity contribution in [3.05, 3.63) is 0 Å². The van der Waals surface area contributed by atoms with E-state index in [2.05, 4.69) is 4.74 Å². The van der Waals surface area contributed by atoms with E-state index in [4.69, 9.17) is 0 Å². The SMILES string of the molecule is O=C(F)OCC(F)(F)C(F)(F)C(F)(F)C(F)F. The van der Waals surface area contributed by atoms with Crippen LogP contribution in [0.15, 0.2) is 0 Å². The zero-order valence-electron chi connectivity index (χ0n) is 7.50. The molecule has 0 N–H and O–H groups in total. The van der Waals surface area contributed by atoms with Gasteiger partial charge in [0.2, 0.25) is 0 Å². The van der Waals surface area contributed by atoms with Crippen LogP contribution in [-0.2, 0) is 4.74 Å². The fourth-order valence-electron chi connectivity index (χ4n) is 0.619. The van der Waals surface area contributed by atoms with Crippen molar-refractivity contribution in [2.75, 3.05) is 6.61 Å². The fraction of sp³-hybridized carbons (Fsp3) is 0.833. The van der Waals surface area contributed by atoms with Gasteiger partial charge in [0.25, 0.3) is 0 Å². The minimum atomic E-state index is -6.51. The predicted molar refractivity (Wildman–Crippen MR) is 33.3 cm³/mol. The van der Waals surface area contributed by atoms with Crippen LogP contribution in [-0.4, -0.2) is 37.0 Å². The molecule has 2 nitrogen and oxygen atoms in total. The van der Waals surface area contributed by atoms with Gasteiger partial charge in [-0.15, -0.1) is 4.39 Å². The molecule has 0 spiro atoms. The molecule has 0 saturated heterocycles. The Labute approximate surface area is 87.3 Å². The van der Waals surface area contributed by atoms with E-state index in [1.807, 2.05) is 0 Å². The summed E-state index contributed by atoms with van der Waals surface area (Å²) in [6.07, 6.45) is -8.02. The summed E-state index contributed by atoms with van der Waals surface area (Å²) in [5.74, 6) is -18.7. The van der Waals surface area contributed by atoms with Gasteiger partial charge in [-0.3, -0.25) is 0 Å². The lowest BCUT2D eigenvalue weighted by Crippen LogP contribution is -2.59. The quantitative estimate of drug-likeness (QED) is 0.570. The summed E-state index contributed by atoms with van der Waals surface area (Å²) in [5.41, 5.74) is 0. The van der Waals surface area contributed by atoms with Crippen molar-refractivity contribution in [3.63, 3.8) is 0 Å². The molecule has 0 rings (SSSR count). The monoisotopic (exact) mass is 278 g/mol. The van der Waals surface area contributed by atoms with Gasteiger partial charge in [-0.25, -0.2) is 13.6 Å². The third kappa shape index (κ3) is 2.94. The molecule has 0 radical (unpaired) electrons. The average Bonchev–Trinajstić information content (AvgIpc) is 2.14. The number of carbonyl (C=O) groups excluding carboxylic acids is 1. The minimum absolute atomic E-state index is 2.75. The van der Waals surface area contributed by atoms with Crippen LogP contribution in [0.5, 0.6) is 0 Å². The molecule has 0 unspecified atom stereocenters. The highest BCUT2D eigenvalue weighted by Crippen LogP contribution is 2.48. The number of alkyl halides is 8. The summed E-state index contributed by atoms with van der Waals surface area (Å²) in [7, 11) is 0. The maximum absolute atomic E-state index is 12.4. The van der Waals surface area contributed by atoms with Crippen LogP contribution in [0.1, 0.15) is 0 Å². The molecule has 11 heteroatoms. The number of hydrogen-bond acceptors (Lipinski definition) is 2. The Morgan fingerprint density at radius 3 is 1.76 bits per heavy atom. The molecule has 0 saturated carbocycles. The van der Waals surface area contributed by atoms with Gasteiger partial charge in [-0.2, -0.15) is 26.3 Å². The van der Waals surface area contributed by atoms with Crippen molar-refractivity contribution in [1.29, 1.82) is 0 Å². The van der Waals surface area contributed by atoms with E-state index in [1.54, 1.807) is 0 Å². The topological polar surface area (TPSA) is 26.3 Å². The van der Waals surface area contributed by atoms with Gasteiger partial charge >= 0.3 is 30.4 Å². The number of ether oxygens (including phenoxy) is 1. The first-order valence-corrected chi connectivity index (χ1v) is 3.60. The summed E-state index contributed by atoms with van der Waals surface area (Å²) < 4.78 is 111. The fourth-order valence-corrected chi connectivity index (χ4v) is 0.619. The Morgan fingerprint density at radius 2 is 1.47 bits per heavy atom. The number of rotatable bonds is 5. The highest BCUT2D eigenvalue weighted by atomic mass is 19.4. The van der Waals surface area contributed by atoms with Gasteiger partial charge in [0, 0.05) is 0 Å². The Kier molecular flexibility index (Phi) is 4.29. The van der Waals surface area contributed by atoms with Gasteiger partial charge in [-0.05, 0) is 0 Å². The second-order valence-corrected chi connectivity index (χ2v) is 2.73. The molecule has 0 aliphatic carbocycles. The second kappa shape index (κ2) is 4.61. The largest absolute Gasteiger partial charge is 0.495 e. The van der Waals surface area contributed by atoms with Crippen LogP contribution in [0.2, 0.25) is 0 Å². The second-order valence-electron chi connectivity index (χ2n) is 2.73. The molecule has 0 aliphatic rings. The maximum Gasteiger partial charge on any atom is 0.495 e. The first kappa shape index (κ1) is 15.8. The molecule has 0 aromatic rings. The standard InChI is InChI=1S/C6H3F9O2/c7-2(8)5(12,13)6(14,15)4(10,11)1-17-3(9)16/h2H,1H2. The van der Waals surface area contributed by atoms with Crippen molar-refractivity contribution in [1.82, 2.24) is 0 Å². The molecule has 0 heterocycles. The Morgan fingerprint density at radius 1 is 1.06 bits per heavy atom. The van der Waals surface area contributed by atoms with Gasteiger partial charge in [0.15, 0.2) is 6.61 Å². The van der Waals surface area contributed by atoms with Gasteiger partial charge in [0.1, 0.15) is 0 Å². The third-order valence-electron chi connectivity index (χ3n) is 1.52. The van der Waals surface area contributed by atoms with Crippen molar-refractivity contribution in [2.24, 2.45) is 0 Å². The highest BCUT2D eigenvalue weighted by Gasteiger charge is 2.75. The summed E-state index contributed by atoms with van der Waals surface area (Å²) >= 11 is 0. The first-order chi connectivity index (χ1) is 7.36. The van der Waals surface area contributed by atoms with Crippen molar-refractivity contribution in [2.45, 2.75) is 24.2 Å². The molecule has 102 valence electrons. The van der Waals surface area contributed by atoms with Crippen molar-refractivity contribution >= 4 is 6.22 Å². The Balaban J connectivity index is 5.08. The molecule has 0 atom stereocenters. The minimum Gasteiger partial charge on any atom is -0.434 e. The lowest BCUT2D eigenvalue weighted by molar-refractivity contribution is -0.343. The molecule has 0 aromatic carbocycles. The van der Waals surface area contributed by atoms with Crippen LogP contribution >= 0.6 is 0 Å². The molecule has 0 amide bonds. The molecule has 0 fully saturated rings. The maximum atomic E-state index is 12.4. The van der Waals surface area contributed by atoms with Crippen molar-refractivity contribution < 1.29 is 49.0 Å². The number of hydrogen-bond donors (Lipinski definition) is 0. The van der Waals surface area contributed by atoms with Crippen LogP contribution in [0.4, 0.5) is 44.3 Å². The van der Waals surface area contributed by atoms with Gasteiger partial charge in [0.05, 0.1) is 0 Å². The van der Waals surface area contributed by atoms with E-state index in [0.717, 1.165) is 0 Å². The molecule has 0 aromatic heterocycles. The Bertz CT molecular complexity index is 287. The lowest BCUT2D eigenvalue weighted by atomic mass is 10.1. The predicted octanol–water partition coefficient (Wildman–Crippen LogP) is 3.26. The van der Waals surface area contributed by atoms with Crippen LogP contribution < -0.4 is 0 Å². The average molecular weight is 278 g/mol. The van der Waals surface area contributed by atoms with E-state index in [-0.39, 0.29) is 0 Å². The number of carbonyl (C=O) groups is 1. The lowest BCUT2D eigenvalue weighted by Gasteiger charge is -2.31. The van der Waals surface area contributed by atoms with E-state index >= 15 is 0 Å². The normalized spacial score (nSPS) is 14.0.